The van der Waals surface area contributed by atoms with Gasteiger partial charge < -0.3 is 0 Å². The molecule has 2 fully saturated rings. The average Bonchev–Trinajstić information content (AvgIpc) is 3.35. The summed E-state index contributed by atoms with van der Waals surface area (Å²) in [5.74, 6) is -2.26. The fourth-order valence-electron chi connectivity index (χ4n) is 7.00. The minimum absolute atomic E-state index is 0.0271. The van der Waals surface area contributed by atoms with E-state index in [0.29, 0.717) is 17.1 Å². The molecule has 2 amide bonds. The van der Waals surface area contributed by atoms with Gasteiger partial charge in [0, 0.05) is 0 Å². The van der Waals surface area contributed by atoms with Crippen LogP contribution in [0.5, 0.6) is 0 Å². The summed E-state index contributed by atoms with van der Waals surface area (Å²) in [6.45, 7) is 3.82. The van der Waals surface area contributed by atoms with Crippen LogP contribution in [-0.2, 0) is 14.4 Å². The summed E-state index contributed by atoms with van der Waals surface area (Å²) >= 11 is 6.44. The summed E-state index contributed by atoms with van der Waals surface area (Å²) in [6, 6.07) is 26.5. The number of para-hydroxylation sites is 1. The lowest BCUT2D eigenvalue weighted by Gasteiger charge is -2.37. The van der Waals surface area contributed by atoms with E-state index in [0.717, 1.165) is 22.3 Å². The van der Waals surface area contributed by atoms with Crippen LogP contribution in [0.2, 0.25) is 5.02 Å². The zero-order valence-corrected chi connectivity index (χ0v) is 20.3. The summed E-state index contributed by atoms with van der Waals surface area (Å²) in [5, 5.41) is 0.336. The first-order valence-corrected chi connectivity index (χ1v) is 12.3. The molecule has 2 bridgehead atoms. The predicted octanol–water partition coefficient (Wildman–Crippen LogP) is 6.06. The maximum Gasteiger partial charge on any atom is 0.239 e. The summed E-state index contributed by atoms with van der Waals surface area (Å²) in [4.78, 5) is 43.8. The average molecular weight is 482 g/mol. The van der Waals surface area contributed by atoms with Gasteiger partial charge in [0.15, 0.2) is 5.78 Å². The molecule has 3 aromatic carbocycles. The highest BCUT2D eigenvalue weighted by Crippen LogP contribution is 2.74. The van der Waals surface area contributed by atoms with Gasteiger partial charge in [-0.05, 0) is 47.8 Å². The third kappa shape index (κ3) is 2.55. The second-order valence-corrected chi connectivity index (χ2v) is 10.2. The molecule has 0 unspecified atom stereocenters. The van der Waals surface area contributed by atoms with Crippen molar-refractivity contribution in [3.63, 3.8) is 0 Å². The molecule has 1 saturated carbocycles. The van der Waals surface area contributed by atoms with Crippen LogP contribution in [0.15, 0.2) is 84.9 Å². The van der Waals surface area contributed by atoms with Crippen molar-refractivity contribution >= 4 is 46.0 Å². The van der Waals surface area contributed by atoms with Crippen LogP contribution in [0.25, 0.3) is 11.1 Å². The molecule has 0 spiro atoms. The molecule has 1 aliphatic heterocycles. The van der Waals surface area contributed by atoms with E-state index >= 15 is 0 Å². The zero-order valence-electron chi connectivity index (χ0n) is 19.5. The first kappa shape index (κ1) is 22.0. The minimum atomic E-state index is -1.13. The van der Waals surface area contributed by atoms with Crippen LogP contribution in [0.1, 0.15) is 31.4 Å². The number of benzene rings is 3. The second kappa shape index (κ2) is 7.50. The van der Waals surface area contributed by atoms with Gasteiger partial charge in [0.1, 0.15) is 0 Å². The van der Waals surface area contributed by atoms with Crippen LogP contribution >= 0.6 is 11.6 Å². The van der Waals surface area contributed by atoms with Gasteiger partial charge >= 0.3 is 0 Å². The maximum absolute atomic E-state index is 14.4. The topological polar surface area (TPSA) is 54.5 Å². The van der Waals surface area contributed by atoms with Gasteiger partial charge in [-0.3, -0.25) is 14.4 Å². The number of hydrogen-bond acceptors (Lipinski definition) is 3. The summed E-state index contributed by atoms with van der Waals surface area (Å²) < 4.78 is 0. The SMILES string of the molecule is CC[C@@]12C(=O)[C@@](C)(C(c3ccccc3)=C1c1ccccc1)[C@H]1C(=O)N(c3ccccc3Cl)C(=O)[C@@H]12. The Kier molecular flexibility index (Phi) is 4.71. The van der Waals surface area contributed by atoms with Crippen molar-refractivity contribution in [2.45, 2.75) is 20.3 Å². The number of fused-ring (bicyclic) bond motifs is 5. The molecule has 1 saturated heterocycles. The smallest absolute Gasteiger partial charge is 0.239 e. The highest BCUT2D eigenvalue weighted by Gasteiger charge is 2.79. The molecular weight excluding hydrogens is 458 g/mol. The maximum atomic E-state index is 14.4. The van der Waals surface area contributed by atoms with Gasteiger partial charge in [-0.1, -0.05) is 91.3 Å². The molecule has 0 radical (unpaired) electrons. The molecule has 3 aromatic rings. The van der Waals surface area contributed by atoms with Crippen molar-refractivity contribution in [3.8, 4) is 0 Å². The number of imide groups is 1. The number of anilines is 1. The van der Waals surface area contributed by atoms with E-state index in [4.69, 9.17) is 11.6 Å². The Hall–Kier alpha value is -3.50. The van der Waals surface area contributed by atoms with Gasteiger partial charge in [-0.15, -0.1) is 0 Å². The summed E-state index contributed by atoms with van der Waals surface area (Å²) in [6.07, 6.45) is 0.429. The van der Waals surface area contributed by atoms with Crippen LogP contribution < -0.4 is 4.90 Å². The Morgan fingerprint density at radius 3 is 1.83 bits per heavy atom. The Bertz CT molecular complexity index is 1430. The first-order valence-electron chi connectivity index (χ1n) is 11.9. The fraction of sp³-hybridized carbons (Fsp3) is 0.233. The van der Waals surface area contributed by atoms with E-state index in [-0.39, 0.29) is 17.6 Å². The van der Waals surface area contributed by atoms with Crippen molar-refractivity contribution in [3.05, 3.63) is 101 Å². The van der Waals surface area contributed by atoms with Gasteiger partial charge in [0.05, 0.1) is 33.4 Å². The predicted molar refractivity (Wildman–Crippen MR) is 136 cm³/mol. The highest BCUT2D eigenvalue weighted by atomic mass is 35.5. The minimum Gasteiger partial charge on any atom is -0.298 e. The number of rotatable bonds is 4. The quantitative estimate of drug-likeness (QED) is 0.426. The zero-order chi connectivity index (χ0) is 24.5. The molecule has 0 aromatic heterocycles. The number of nitrogens with zero attached hydrogens (tertiary/aromatic N) is 1. The van der Waals surface area contributed by atoms with Gasteiger partial charge in [0.2, 0.25) is 11.8 Å². The largest absolute Gasteiger partial charge is 0.298 e. The van der Waals surface area contributed by atoms with Crippen LogP contribution in [0.3, 0.4) is 0 Å². The molecule has 6 rings (SSSR count). The van der Waals surface area contributed by atoms with Crippen molar-refractivity contribution < 1.29 is 14.4 Å². The molecule has 4 nitrogen and oxygen atoms in total. The molecule has 5 heteroatoms. The van der Waals surface area contributed by atoms with Crippen molar-refractivity contribution in [2.75, 3.05) is 4.90 Å². The number of carbonyl (C=O) groups excluding carboxylic acids is 3. The lowest BCUT2D eigenvalue weighted by Crippen LogP contribution is -2.41. The van der Waals surface area contributed by atoms with Crippen LogP contribution in [0.4, 0.5) is 5.69 Å². The Morgan fingerprint density at radius 2 is 1.26 bits per heavy atom. The van der Waals surface area contributed by atoms with Crippen molar-refractivity contribution in [2.24, 2.45) is 22.7 Å². The van der Waals surface area contributed by atoms with Gasteiger partial charge in [-0.25, -0.2) is 4.90 Å². The standard InChI is InChI=1S/C30H24ClNO3/c1-3-30-23(19-14-8-5-9-15-19)22(18-12-6-4-7-13-18)29(2,28(30)35)24-25(30)27(34)32(26(24)33)21-17-11-10-16-20(21)31/h4-17,24-25H,3H2,1-2H3/t24-,25-,29+,30-/m1/s1. The monoisotopic (exact) mass is 481 g/mol. The van der Waals surface area contributed by atoms with Crippen LogP contribution in [0, 0.1) is 22.7 Å². The number of Topliss-reactive ketones (excluding diaryl/α,β-unsaturated/α-hetero) is 1. The van der Waals surface area contributed by atoms with E-state index in [2.05, 4.69) is 0 Å². The van der Waals surface area contributed by atoms with Crippen LogP contribution in [-0.4, -0.2) is 17.6 Å². The third-order valence-corrected chi connectivity index (χ3v) is 8.65. The molecule has 4 atom stereocenters. The van der Waals surface area contributed by atoms with Crippen molar-refractivity contribution in [1.82, 2.24) is 0 Å². The van der Waals surface area contributed by atoms with E-state index < -0.39 is 22.7 Å². The number of allylic oxidation sites excluding steroid dienone is 2. The number of amides is 2. The second-order valence-electron chi connectivity index (χ2n) is 9.76. The van der Waals surface area contributed by atoms with Crippen molar-refractivity contribution in [1.29, 1.82) is 0 Å². The normalized spacial score (nSPS) is 29.3. The molecule has 0 N–H and O–H groups in total. The molecular formula is C30H24ClNO3. The summed E-state index contributed by atoms with van der Waals surface area (Å²) in [7, 11) is 0. The van der Waals surface area contributed by atoms with E-state index in [1.165, 1.54) is 4.90 Å². The van der Waals surface area contributed by atoms with Gasteiger partial charge in [0.25, 0.3) is 0 Å². The molecule has 1 heterocycles. The first-order chi connectivity index (χ1) is 16.9. The summed E-state index contributed by atoms with van der Waals surface area (Å²) in [5.41, 5.74) is 1.72. The van der Waals surface area contributed by atoms with E-state index in [1.807, 2.05) is 74.5 Å². The number of carbonyl (C=O) groups is 3. The lowest BCUT2D eigenvalue weighted by molar-refractivity contribution is -0.134. The third-order valence-electron chi connectivity index (χ3n) is 8.33. The highest BCUT2D eigenvalue weighted by molar-refractivity contribution is 6.38. The molecule has 2 aliphatic carbocycles. The molecule has 174 valence electrons. The van der Waals surface area contributed by atoms with Gasteiger partial charge in [-0.2, -0.15) is 0 Å². The number of halogens is 1. The Morgan fingerprint density at radius 1 is 0.743 bits per heavy atom. The fourth-order valence-corrected chi connectivity index (χ4v) is 7.22. The number of ketones is 1. The Balaban J connectivity index is 1.66. The molecule has 3 aliphatic rings. The lowest BCUT2D eigenvalue weighted by atomic mass is 9.62. The van der Waals surface area contributed by atoms with E-state index in [9.17, 15) is 14.4 Å². The Labute approximate surface area is 209 Å². The van der Waals surface area contributed by atoms with E-state index in [1.54, 1.807) is 24.3 Å². The number of hydrogen-bond donors (Lipinski definition) is 0. The molecule has 35 heavy (non-hydrogen) atoms.